The summed E-state index contributed by atoms with van der Waals surface area (Å²) in [5, 5.41) is 5.03. The van der Waals surface area contributed by atoms with Crippen molar-refractivity contribution in [2.24, 2.45) is 5.73 Å². The van der Waals surface area contributed by atoms with Gasteiger partial charge in [0.2, 0.25) is 5.91 Å². The van der Waals surface area contributed by atoms with Crippen molar-refractivity contribution in [1.29, 1.82) is 0 Å². The third-order valence-corrected chi connectivity index (χ3v) is 3.33. The van der Waals surface area contributed by atoms with Crippen LogP contribution in [-0.2, 0) is 17.8 Å². The summed E-state index contributed by atoms with van der Waals surface area (Å²) in [4.78, 5) is 23.4. The summed E-state index contributed by atoms with van der Waals surface area (Å²) in [6.07, 6.45) is 0.298. The van der Waals surface area contributed by atoms with E-state index in [1.807, 2.05) is 30.3 Å². The molecular weight excluding hydrogens is 297 g/mol. The Balaban J connectivity index is 2.01. The lowest BCUT2D eigenvalue weighted by Crippen LogP contribution is -2.49. The third kappa shape index (κ3) is 5.10. The van der Waals surface area contributed by atoms with Gasteiger partial charge in [-0.15, -0.1) is 0 Å². The van der Waals surface area contributed by atoms with Crippen LogP contribution >= 0.6 is 0 Å². The highest BCUT2D eigenvalue weighted by Gasteiger charge is 2.20. The van der Waals surface area contributed by atoms with Crippen LogP contribution in [0.3, 0.4) is 0 Å². The average Bonchev–Trinajstić information content (AvgIpc) is 2.54. The van der Waals surface area contributed by atoms with E-state index in [2.05, 4.69) is 10.6 Å². The van der Waals surface area contributed by atoms with Gasteiger partial charge < -0.3 is 16.4 Å². The molecule has 0 aliphatic carbocycles. The van der Waals surface area contributed by atoms with Gasteiger partial charge in [-0.2, -0.15) is 0 Å². The van der Waals surface area contributed by atoms with Gasteiger partial charge in [0.25, 0.3) is 0 Å². The molecule has 0 saturated carbocycles. The van der Waals surface area contributed by atoms with Crippen LogP contribution in [0.5, 0.6) is 0 Å². The molecule has 0 fully saturated rings. The minimum Gasteiger partial charge on any atom is -0.352 e. The van der Waals surface area contributed by atoms with Crippen LogP contribution in [0.2, 0.25) is 0 Å². The number of urea groups is 1. The van der Waals surface area contributed by atoms with E-state index in [-0.39, 0.29) is 6.54 Å². The number of hydrogen-bond donors (Lipinski definition) is 3. The molecule has 1 unspecified atom stereocenters. The number of nitrogens with one attached hydrogen (secondary N) is 2. The molecule has 23 heavy (non-hydrogen) atoms. The Kier molecular flexibility index (Phi) is 5.68. The molecule has 2 aromatic rings. The second kappa shape index (κ2) is 7.93. The Bertz CT molecular complexity index is 677. The van der Waals surface area contributed by atoms with Gasteiger partial charge in [-0.05, 0) is 11.6 Å². The van der Waals surface area contributed by atoms with E-state index >= 15 is 0 Å². The molecule has 0 aromatic heterocycles. The summed E-state index contributed by atoms with van der Waals surface area (Å²) in [7, 11) is 0. The molecule has 0 aliphatic heterocycles. The molecule has 0 aliphatic rings. The zero-order valence-corrected chi connectivity index (χ0v) is 12.5. The lowest BCUT2D eigenvalue weighted by molar-refractivity contribution is -0.123. The topological polar surface area (TPSA) is 84.2 Å². The van der Waals surface area contributed by atoms with Crippen LogP contribution in [0.4, 0.5) is 9.18 Å². The van der Waals surface area contributed by atoms with Crippen molar-refractivity contribution in [3.8, 4) is 0 Å². The number of carbonyl (C=O) groups is 2. The lowest BCUT2D eigenvalue weighted by atomic mass is 10.1. The molecule has 1 atom stereocenters. The van der Waals surface area contributed by atoms with Crippen LogP contribution in [0, 0.1) is 5.82 Å². The Morgan fingerprint density at radius 2 is 1.70 bits per heavy atom. The van der Waals surface area contributed by atoms with Gasteiger partial charge in [0.05, 0.1) is 0 Å². The van der Waals surface area contributed by atoms with Crippen molar-refractivity contribution in [3.05, 3.63) is 71.5 Å². The van der Waals surface area contributed by atoms with Crippen LogP contribution in [-0.4, -0.2) is 18.0 Å². The van der Waals surface area contributed by atoms with Crippen LogP contribution < -0.4 is 16.4 Å². The highest BCUT2D eigenvalue weighted by molar-refractivity contribution is 5.86. The molecule has 3 amide bonds. The number of hydrogen-bond acceptors (Lipinski definition) is 2. The first-order valence-corrected chi connectivity index (χ1v) is 7.17. The van der Waals surface area contributed by atoms with Crippen LogP contribution in [0.15, 0.2) is 54.6 Å². The maximum atomic E-state index is 13.6. The third-order valence-electron chi connectivity index (χ3n) is 3.33. The summed E-state index contributed by atoms with van der Waals surface area (Å²) < 4.78 is 13.6. The van der Waals surface area contributed by atoms with Crippen molar-refractivity contribution >= 4 is 11.9 Å². The van der Waals surface area contributed by atoms with Gasteiger partial charge in [0, 0.05) is 18.5 Å². The van der Waals surface area contributed by atoms with Gasteiger partial charge in [-0.25, -0.2) is 9.18 Å². The molecule has 0 bridgehead atoms. The van der Waals surface area contributed by atoms with Gasteiger partial charge in [-0.1, -0.05) is 48.5 Å². The van der Waals surface area contributed by atoms with Gasteiger partial charge in [0.15, 0.2) is 0 Å². The summed E-state index contributed by atoms with van der Waals surface area (Å²) in [5.41, 5.74) is 6.38. The molecule has 0 radical (unpaired) electrons. The summed E-state index contributed by atoms with van der Waals surface area (Å²) in [6.45, 7) is 0.0389. The SMILES string of the molecule is NC(=O)NC(Cc1ccccc1)C(=O)NCc1ccccc1F. The Labute approximate surface area is 133 Å². The number of benzene rings is 2. The Morgan fingerprint density at radius 3 is 2.35 bits per heavy atom. The molecule has 6 heteroatoms. The molecule has 2 aromatic carbocycles. The molecule has 120 valence electrons. The molecule has 0 saturated heterocycles. The molecule has 2 rings (SSSR count). The Morgan fingerprint density at radius 1 is 1.04 bits per heavy atom. The first-order valence-electron chi connectivity index (χ1n) is 7.17. The molecule has 0 spiro atoms. The van der Waals surface area contributed by atoms with Crippen molar-refractivity contribution in [3.63, 3.8) is 0 Å². The smallest absolute Gasteiger partial charge is 0.312 e. The molecule has 0 heterocycles. The summed E-state index contributed by atoms with van der Waals surface area (Å²) >= 11 is 0. The predicted molar refractivity (Wildman–Crippen MR) is 84.9 cm³/mol. The summed E-state index contributed by atoms with van der Waals surface area (Å²) in [5.74, 6) is -0.814. The average molecular weight is 315 g/mol. The van der Waals surface area contributed by atoms with E-state index in [1.165, 1.54) is 6.07 Å². The van der Waals surface area contributed by atoms with Crippen LogP contribution in [0.1, 0.15) is 11.1 Å². The first kappa shape index (κ1) is 16.5. The first-order chi connectivity index (χ1) is 11.1. The minimum absolute atomic E-state index is 0.0389. The maximum absolute atomic E-state index is 13.6. The standard InChI is InChI=1S/C17H18FN3O2/c18-14-9-5-4-8-13(14)11-20-16(22)15(21-17(19)23)10-12-6-2-1-3-7-12/h1-9,15H,10-11H2,(H,20,22)(H3,19,21,23). The van der Waals surface area contributed by atoms with E-state index in [1.54, 1.807) is 18.2 Å². The fraction of sp³-hybridized carbons (Fsp3) is 0.176. The molecule has 5 nitrogen and oxygen atoms in total. The quantitative estimate of drug-likeness (QED) is 0.758. The summed E-state index contributed by atoms with van der Waals surface area (Å²) in [6, 6.07) is 13.8. The second-order valence-electron chi connectivity index (χ2n) is 5.06. The fourth-order valence-corrected chi connectivity index (χ4v) is 2.18. The number of halogens is 1. The molecular formula is C17H18FN3O2. The minimum atomic E-state index is -0.818. The van der Waals surface area contributed by atoms with E-state index in [4.69, 9.17) is 5.73 Å². The Hall–Kier alpha value is -2.89. The number of nitrogens with two attached hydrogens (primary N) is 1. The maximum Gasteiger partial charge on any atom is 0.312 e. The van der Waals surface area contributed by atoms with Gasteiger partial charge in [0.1, 0.15) is 11.9 Å². The largest absolute Gasteiger partial charge is 0.352 e. The van der Waals surface area contributed by atoms with E-state index in [0.717, 1.165) is 5.56 Å². The van der Waals surface area contributed by atoms with E-state index in [9.17, 15) is 14.0 Å². The van der Waals surface area contributed by atoms with Gasteiger partial charge >= 0.3 is 6.03 Å². The zero-order valence-electron chi connectivity index (χ0n) is 12.5. The van der Waals surface area contributed by atoms with E-state index in [0.29, 0.717) is 12.0 Å². The zero-order chi connectivity index (χ0) is 16.7. The normalized spacial score (nSPS) is 11.5. The number of primary amides is 1. The number of amides is 3. The van der Waals surface area contributed by atoms with Crippen LogP contribution in [0.25, 0.3) is 0 Å². The second-order valence-corrected chi connectivity index (χ2v) is 5.06. The van der Waals surface area contributed by atoms with E-state index < -0.39 is 23.8 Å². The van der Waals surface area contributed by atoms with Gasteiger partial charge in [-0.3, -0.25) is 4.79 Å². The number of carbonyl (C=O) groups excluding carboxylic acids is 2. The predicted octanol–water partition coefficient (Wildman–Crippen LogP) is 1.72. The molecule has 4 N–H and O–H groups in total. The van der Waals surface area contributed by atoms with Crippen molar-refractivity contribution in [2.45, 2.75) is 19.0 Å². The van der Waals surface area contributed by atoms with Crippen molar-refractivity contribution in [1.82, 2.24) is 10.6 Å². The number of rotatable bonds is 6. The highest BCUT2D eigenvalue weighted by atomic mass is 19.1. The van der Waals surface area contributed by atoms with Crippen molar-refractivity contribution < 1.29 is 14.0 Å². The highest BCUT2D eigenvalue weighted by Crippen LogP contribution is 2.07. The monoisotopic (exact) mass is 315 g/mol. The van der Waals surface area contributed by atoms with Crippen molar-refractivity contribution in [2.75, 3.05) is 0 Å². The fourth-order valence-electron chi connectivity index (χ4n) is 2.18. The lowest BCUT2D eigenvalue weighted by Gasteiger charge is -2.17.